The Morgan fingerprint density at radius 2 is 1.94 bits per heavy atom. The van der Waals surface area contributed by atoms with E-state index in [0.717, 1.165) is 18.5 Å². The summed E-state index contributed by atoms with van der Waals surface area (Å²) in [6.45, 7) is 4.87. The van der Waals surface area contributed by atoms with Crippen LogP contribution >= 0.6 is 11.3 Å². The van der Waals surface area contributed by atoms with Crippen LogP contribution in [0.5, 0.6) is 0 Å². The van der Waals surface area contributed by atoms with Gasteiger partial charge in [0.05, 0.1) is 15.6 Å². The number of nitrogens with two attached hydrogens (primary N) is 1. The van der Waals surface area contributed by atoms with Crippen molar-refractivity contribution in [2.24, 2.45) is 5.73 Å². The summed E-state index contributed by atoms with van der Waals surface area (Å²) in [5, 5.41) is 1.24. The minimum absolute atomic E-state index is 0.600. The zero-order valence-electron chi connectivity index (χ0n) is 10.4. The van der Waals surface area contributed by atoms with Crippen LogP contribution in [-0.4, -0.2) is 4.98 Å². The highest BCUT2D eigenvalue weighted by Crippen LogP contribution is 2.30. The van der Waals surface area contributed by atoms with Crippen molar-refractivity contribution < 1.29 is 0 Å². The van der Waals surface area contributed by atoms with Crippen molar-refractivity contribution in [2.45, 2.75) is 33.2 Å². The van der Waals surface area contributed by atoms with Crippen molar-refractivity contribution >= 4 is 11.3 Å². The predicted octanol–water partition coefficient (Wildman–Crippen LogP) is 3.53. The Bertz CT molecular complexity index is 485. The lowest BCUT2D eigenvalue weighted by Gasteiger charge is -2.00. The van der Waals surface area contributed by atoms with E-state index in [1.54, 1.807) is 0 Å². The molecular formula is C14H18N2S. The Labute approximate surface area is 107 Å². The zero-order chi connectivity index (χ0) is 12.3. The molecule has 2 nitrogen and oxygen atoms in total. The van der Waals surface area contributed by atoms with Gasteiger partial charge in [0.15, 0.2) is 0 Å². The lowest BCUT2D eigenvalue weighted by molar-refractivity contribution is 0.903. The van der Waals surface area contributed by atoms with Crippen molar-refractivity contribution in [1.82, 2.24) is 4.98 Å². The number of hydrogen-bond acceptors (Lipinski definition) is 3. The van der Waals surface area contributed by atoms with E-state index in [9.17, 15) is 0 Å². The van der Waals surface area contributed by atoms with Crippen LogP contribution in [0.4, 0.5) is 0 Å². The number of hydrogen-bond donors (Lipinski definition) is 1. The van der Waals surface area contributed by atoms with Crippen LogP contribution in [0.3, 0.4) is 0 Å². The van der Waals surface area contributed by atoms with E-state index >= 15 is 0 Å². The SMILES string of the molecule is CCCc1nc(C)c(-c2ccc(CN)cc2)s1. The fourth-order valence-corrected chi connectivity index (χ4v) is 3.00. The lowest BCUT2D eigenvalue weighted by Crippen LogP contribution is -1.95. The molecule has 0 bridgehead atoms. The number of nitrogens with zero attached hydrogens (tertiary/aromatic N) is 1. The molecule has 2 N–H and O–H groups in total. The summed E-state index contributed by atoms with van der Waals surface area (Å²) in [6, 6.07) is 8.46. The maximum Gasteiger partial charge on any atom is 0.0934 e. The highest BCUT2D eigenvalue weighted by Gasteiger charge is 2.08. The lowest BCUT2D eigenvalue weighted by atomic mass is 10.1. The Kier molecular flexibility index (Phi) is 3.92. The van der Waals surface area contributed by atoms with Gasteiger partial charge in [0.1, 0.15) is 0 Å². The molecule has 2 aromatic rings. The van der Waals surface area contributed by atoms with Crippen molar-refractivity contribution in [3.8, 4) is 10.4 Å². The Morgan fingerprint density at radius 1 is 1.24 bits per heavy atom. The Morgan fingerprint density at radius 3 is 2.53 bits per heavy atom. The summed E-state index contributed by atoms with van der Waals surface area (Å²) in [6.07, 6.45) is 2.23. The molecule has 0 saturated carbocycles. The summed E-state index contributed by atoms with van der Waals surface area (Å²) < 4.78 is 0. The molecule has 0 aliphatic heterocycles. The second-order valence-electron chi connectivity index (χ2n) is 4.17. The quantitative estimate of drug-likeness (QED) is 0.896. The number of benzene rings is 1. The van der Waals surface area contributed by atoms with Gasteiger partial charge >= 0.3 is 0 Å². The number of rotatable bonds is 4. The van der Waals surface area contributed by atoms with Crippen LogP contribution in [0.2, 0.25) is 0 Å². The first-order valence-corrected chi connectivity index (χ1v) is 6.82. The van der Waals surface area contributed by atoms with Crippen LogP contribution in [0, 0.1) is 6.92 Å². The smallest absolute Gasteiger partial charge is 0.0934 e. The Hall–Kier alpha value is -1.19. The molecule has 1 aromatic heterocycles. The van der Waals surface area contributed by atoms with E-state index < -0.39 is 0 Å². The van der Waals surface area contributed by atoms with Crippen molar-refractivity contribution in [3.63, 3.8) is 0 Å². The largest absolute Gasteiger partial charge is 0.326 e. The van der Waals surface area contributed by atoms with Crippen molar-refractivity contribution in [2.75, 3.05) is 0 Å². The van der Waals surface area contributed by atoms with Gasteiger partial charge in [-0.15, -0.1) is 11.3 Å². The van der Waals surface area contributed by atoms with Gasteiger partial charge in [-0.1, -0.05) is 31.2 Å². The molecule has 17 heavy (non-hydrogen) atoms. The molecule has 0 amide bonds. The van der Waals surface area contributed by atoms with E-state index in [4.69, 9.17) is 5.73 Å². The summed E-state index contributed by atoms with van der Waals surface area (Å²) in [4.78, 5) is 5.90. The second kappa shape index (κ2) is 5.43. The van der Waals surface area contributed by atoms with Crippen LogP contribution in [0.1, 0.15) is 29.6 Å². The topological polar surface area (TPSA) is 38.9 Å². The van der Waals surface area contributed by atoms with Gasteiger partial charge in [-0.2, -0.15) is 0 Å². The van der Waals surface area contributed by atoms with Gasteiger partial charge in [-0.05, 0) is 30.9 Å². The van der Waals surface area contributed by atoms with E-state index in [-0.39, 0.29) is 0 Å². The van der Waals surface area contributed by atoms with Crippen molar-refractivity contribution in [1.29, 1.82) is 0 Å². The average molecular weight is 246 g/mol. The highest BCUT2D eigenvalue weighted by atomic mass is 32.1. The number of thiazole rings is 1. The van der Waals surface area contributed by atoms with Gasteiger partial charge in [0, 0.05) is 6.54 Å². The van der Waals surface area contributed by atoms with Gasteiger partial charge in [0.2, 0.25) is 0 Å². The molecule has 0 radical (unpaired) electrons. The highest BCUT2D eigenvalue weighted by molar-refractivity contribution is 7.15. The van der Waals surface area contributed by atoms with E-state index in [1.165, 1.54) is 21.0 Å². The average Bonchev–Trinajstić information content (AvgIpc) is 2.71. The van der Waals surface area contributed by atoms with E-state index in [2.05, 4.69) is 43.1 Å². The van der Waals surface area contributed by atoms with Gasteiger partial charge in [0.25, 0.3) is 0 Å². The minimum atomic E-state index is 0.600. The fourth-order valence-electron chi connectivity index (χ4n) is 1.83. The first kappa shape index (κ1) is 12.3. The second-order valence-corrected chi connectivity index (χ2v) is 5.26. The molecule has 3 heteroatoms. The maximum atomic E-state index is 5.60. The molecule has 90 valence electrons. The first-order chi connectivity index (χ1) is 8.24. The zero-order valence-corrected chi connectivity index (χ0v) is 11.2. The predicted molar refractivity (Wildman–Crippen MR) is 74.2 cm³/mol. The summed E-state index contributed by atoms with van der Waals surface area (Å²) >= 11 is 1.81. The standard InChI is InChI=1S/C14H18N2S/c1-3-4-13-16-10(2)14(17-13)12-7-5-11(9-15)6-8-12/h5-8H,3-4,9,15H2,1-2H3. The molecule has 0 aliphatic rings. The molecule has 0 atom stereocenters. The molecule has 0 unspecified atom stereocenters. The third-order valence-electron chi connectivity index (χ3n) is 2.76. The molecular weight excluding hydrogens is 228 g/mol. The van der Waals surface area contributed by atoms with Crippen LogP contribution in [0.15, 0.2) is 24.3 Å². The number of aryl methyl sites for hydroxylation is 2. The number of aromatic nitrogens is 1. The minimum Gasteiger partial charge on any atom is -0.326 e. The fraction of sp³-hybridized carbons (Fsp3) is 0.357. The van der Waals surface area contributed by atoms with Gasteiger partial charge in [-0.3, -0.25) is 0 Å². The van der Waals surface area contributed by atoms with E-state index in [0.29, 0.717) is 6.54 Å². The summed E-state index contributed by atoms with van der Waals surface area (Å²) in [5.41, 5.74) is 9.16. The maximum absolute atomic E-state index is 5.60. The molecule has 0 saturated heterocycles. The Balaban J connectivity index is 2.31. The third kappa shape index (κ3) is 2.73. The molecule has 1 aromatic carbocycles. The monoisotopic (exact) mass is 246 g/mol. The molecule has 0 spiro atoms. The van der Waals surface area contributed by atoms with E-state index in [1.807, 2.05) is 11.3 Å². The summed E-state index contributed by atoms with van der Waals surface area (Å²) in [7, 11) is 0. The molecule has 1 heterocycles. The molecule has 2 rings (SSSR count). The normalized spacial score (nSPS) is 10.8. The van der Waals surface area contributed by atoms with Crippen LogP contribution < -0.4 is 5.73 Å². The van der Waals surface area contributed by atoms with Crippen LogP contribution in [-0.2, 0) is 13.0 Å². The third-order valence-corrected chi connectivity index (χ3v) is 4.02. The van der Waals surface area contributed by atoms with Gasteiger partial charge in [-0.25, -0.2) is 4.98 Å². The summed E-state index contributed by atoms with van der Waals surface area (Å²) in [5.74, 6) is 0. The first-order valence-electron chi connectivity index (χ1n) is 6.00. The van der Waals surface area contributed by atoms with Crippen LogP contribution in [0.25, 0.3) is 10.4 Å². The van der Waals surface area contributed by atoms with Crippen molar-refractivity contribution in [3.05, 3.63) is 40.5 Å². The van der Waals surface area contributed by atoms with Gasteiger partial charge < -0.3 is 5.73 Å². The molecule has 0 aliphatic carbocycles. The molecule has 0 fully saturated rings.